The van der Waals surface area contributed by atoms with Crippen LogP contribution in [0.4, 0.5) is 18.9 Å². The van der Waals surface area contributed by atoms with Crippen molar-refractivity contribution in [3.63, 3.8) is 0 Å². The Morgan fingerprint density at radius 2 is 1.86 bits per heavy atom. The number of rotatable bonds is 5. The largest absolute Gasteiger partial charge is 0.416 e. The van der Waals surface area contributed by atoms with Gasteiger partial charge < -0.3 is 10.3 Å². The van der Waals surface area contributed by atoms with Gasteiger partial charge in [-0.05, 0) is 79.1 Å². The molecule has 37 heavy (non-hydrogen) atoms. The summed E-state index contributed by atoms with van der Waals surface area (Å²) < 4.78 is 39.6. The Morgan fingerprint density at radius 1 is 1.03 bits per heavy atom. The molecule has 9 heteroatoms. The average Bonchev–Trinajstić information content (AvgIpc) is 3.33. The van der Waals surface area contributed by atoms with Gasteiger partial charge in [-0.1, -0.05) is 6.07 Å². The summed E-state index contributed by atoms with van der Waals surface area (Å²) in [6.07, 6.45) is 1.09. The van der Waals surface area contributed by atoms with E-state index >= 15 is 0 Å². The first-order valence-corrected chi connectivity index (χ1v) is 11.5. The van der Waals surface area contributed by atoms with Crippen molar-refractivity contribution in [2.45, 2.75) is 26.4 Å². The molecule has 0 spiro atoms. The average molecular weight is 502 g/mol. The number of nitrogens with zero attached hydrogens (tertiary/aromatic N) is 3. The fraction of sp³-hybridized carbons (Fsp3) is 0.143. The molecule has 0 atom stereocenters. The van der Waals surface area contributed by atoms with Gasteiger partial charge in [0.15, 0.2) is 0 Å². The molecule has 0 saturated carbocycles. The summed E-state index contributed by atoms with van der Waals surface area (Å²) in [5, 5.41) is 2.59. The molecule has 3 heterocycles. The number of aryl methyl sites for hydroxylation is 2. The number of hydrogen-bond donors (Lipinski definition) is 2. The molecule has 5 aromatic rings. The molecular formula is C28H22F3N5O. The minimum atomic E-state index is -4.50. The first-order chi connectivity index (χ1) is 17.7. The fourth-order valence-electron chi connectivity index (χ4n) is 4.18. The Labute approximate surface area is 210 Å². The molecular weight excluding hydrogens is 479 g/mol. The monoisotopic (exact) mass is 501 g/mol. The Hall–Kier alpha value is -4.53. The van der Waals surface area contributed by atoms with Crippen molar-refractivity contribution in [3.05, 3.63) is 107 Å². The molecule has 6 nitrogen and oxygen atoms in total. The molecule has 3 aromatic heterocycles. The third-order valence-electron chi connectivity index (χ3n) is 6.01. The molecule has 1 amide bonds. The molecule has 186 valence electrons. The Morgan fingerprint density at radius 3 is 2.62 bits per heavy atom. The van der Waals surface area contributed by atoms with Crippen LogP contribution in [0.3, 0.4) is 0 Å². The zero-order valence-corrected chi connectivity index (χ0v) is 20.0. The summed E-state index contributed by atoms with van der Waals surface area (Å²) in [6.45, 7) is 3.47. The summed E-state index contributed by atoms with van der Waals surface area (Å²) in [5.41, 5.74) is 4.91. The molecule has 0 bridgehead atoms. The maximum Gasteiger partial charge on any atom is 0.416 e. The lowest BCUT2D eigenvalue weighted by Gasteiger charge is -2.13. The number of alkyl halides is 3. The molecule has 0 aliphatic heterocycles. The van der Waals surface area contributed by atoms with Gasteiger partial charge in [0.25, 0.3) is 5.91 Å². The highest BCUT2D eigenvalue weighted by molar-refractivity contribution is 6.04. The lowest BCUT2D eigenvalue weighted by molar-refractivity contribution is -0.137. The van der Waals surface area contributed by atoms with E-state index in [0.717, 1.165) is 45.6 Å². The quantitative estimate of drug-likeness (QED) is 0.288. The second kappa shape index (κ2) is 9.50. The fourth-order valence-corrected chi connectivity index (χ4v) is 4.18. The second-order valence-electron chi connectivity index (χ2n) is 8.83. The van der Waals surface area contributed by atoms with Crippen molar-refractivity contribution >= 4 is 22.6 Å². The number of benzene rings is 2. The summed E-state index contributed by atoms with van der Waals surface area (Å²) in [5.74, 6) is 0.0677. The molecule has 0 saturated heterocycles. The van der Waals surface area contributed by atoms with Crippen LogP contribution in [0.15, 0.2) is 73.2 Å². The van der Waals surface area contributed by atoms with Crippen LogP contribution in [-0.2, 0) is 12.6 Å². The lowest BCUT2D eigenvalue weighted by atomic mass is 10.0. The maximum absolute atomic E-state index is 13.2. The molecule has 2 N–H and O–H groups in total. The number of aromatic amines is 1. The van der Waals surface area contributed by atoms with Crippen LogP contribution in [0.2, 0.25) is 0 Å². The van der Waals surface area contributed by atoms with Crippen LogP contribution in [0, 0.1) is 13.8 Å². The van der Waals surface area contributed by atoms with Crippen LogP contribution in [0.1, 0.15) is 38.4 Å². The Kier molecular flexibility index (Phi) is 6.20. The van der Waals surface area contributed by atoms with Crippen LogP contribution in [0.5, 0.6) is 0 Å². The van der Waals surface area contributed by atoms with E-state index in [-0.39, 0.29) is 5.69 Å². The van der Waals surface area contributed by atoms with E-state index in [1.54, 1.807) is 43.7 Å². The van der Waals surface area contributed by atoms with Gasteiger partial charge >= 0.3 is 6.18 Å². The number of carbonyl (C=O) groups excluding carboxylic acids is 1. The molecule has 0 radical (unpaired) electrons. The van der Waals surface area contributed by atoms with Crippen LogP contribution >= 0.6 is 0 Å². The van der Waals surface area contributed by atoms with Gasteiger partial charge in [0.1, 0.15) is 5.82 Å². The number of halogens is 3. The van der Waals surface area contributed by atoms with Crippen molar-refractivity contribution in [2.75, 3.05) is 5.32 Å². The summed E-state index contributed by atoms with van der Waals surface area (Å²) in [6, 6.07) is 14.3. The van der Waals surface area contributed by atoms with Gasteiger partial charge in [0.2, 0.25) is 0 Å². The van der Waals surface area contributed by atoms with E-state index < -0.39 is 17.6 Å². The molecule has 0 unspecified atom stereocenters. The van der Waals surface area contributed by atoms with E-state index in [0.29, 0.717) is 23.4 Å². The third kappa shape index (κ3) is 5.20. The Bertz CT molecular complexity index is 1610. The summed E-state index contributed by atoms with van der Waals surface area (Å²) in [4.78, 5) is 29.8. The van der Waals surface area contributed by atoms with E-state index in [9.17, 15) is 18.0 Å². The number of nitrogens with one attached hydrogen (secondary N) is 2. The molecule has 2 aromatic carbocycles. The summed E-state index contributed by atoms with van der Waals surface area (Å²) >= 11 is 0. The van der Waals surface area contributed by atoms with Crippen LogP contribution < -0.4 is 5.32 Å². The van der Waals surface area contributed by atoms with Gasteiger partial charge in [-0.3, -0.25) is 9.78 Å². The van der Waals surface area contributed by atoms with Gasteiger partial charge in [0, 0.05) is 41.8 Å². The molecule has 0 aliphatic rings. The minimum Gasteiger partial charge on any atom is -0.358 e. The van der Waals surface area contributed by atoms with E-state index in [1.165, 1.54) is 6.07 Å². The van der Waals surface area contributed by atoms with E-state index in [2.05, 4.69) is 20.3 Å². The first kappa shape index (κ1) is 24.2. The highest BCUT2D eigenvalue weighted by Gasteiger charge is 2.31. The number of hydrogen-bond acceptors (Lipinski definition) is 4. The second-order valence-corrected chi connectivity index (χ2v) is 8.83. The topological polar surface area (TPSA) is 83.6 Å². The number of H-pyrrole nitrogens is 1. The highest BCUT2D eigenvalue weighted by Crippen LogP contribution is 2.32. The predicted molar refractivity (Wildman–Crippen MR) is 135 cm³/mol. The SMILES string of the molecule is Cc1cc(NC(=O)c2ccc(C)c(Cc3nc(-c4cccnc4)c4[nH]ccc4n3)c2)cc(C(F)(F)F)c1. The van der Waals surface area contributed by atoms with Gasteiger partial charge in [-0.25, -0.2) is 9.97 Å². The van der Waals surface area contributed by atoms with E-state index in [1.807, 2.05) is 25.1 Å². The minimum absolute atomic E-state index is 0.0850. The first-order valence-electron chi connectivity index (χ1n) is 11.5. The smallest absolute Gasteiger partial charge is 0.358 e. The zero-order valence-electron chi connectivity index (χ0n) is 20.0. The maximum atomic E-state index is 13.2. The summed E-state index contributed by atoms with van der Waals surface area (Å²) in [7, 11) is 0. The Balaban J connectivity index is 1.44. The van der Waals surface area contributed by atoms with Crippen molar-refractivity contribution in [1.29, 1.82) is 0 Å². The van der Waals surface area contributed by atoms with Crippen molar-refractivity contribution < 1.29 is 18.0 Å². The number of pyridine rings is 1. The standard InChI is InChI=1S/C28H22F3N5O/c1-16-10-21(28(29,30)31)14-22(11-16)34-27(37)18-6-5-17(2)20(12-18)13-24-35-23-7-9-33-26(23)25(36-24)19-4-3-8-32-15-19/h3-12,14-15,33H,13H2,1-2H3,(H,34,37). The normalized spacial score (nSPS) is 11.6. The predicted octanol–water partition coefficient (Wildman–Crippen LogP) is 6.50. The zero-order chi connectivity index (χ0) is 26.2. The third-order valence-corrected chi connectivity index (χ3v) is 6.01. The van der Waals surface area contributed by atoms with Crippen molar-refractivity contribution in [1.82, 2.24) is 19.9 Å². The molecule has 5 rings (SSSR count). The van der Waals surface area contributed by atoms with Gasteiger partial charge in [0.05, 0.1) is 22.3 Å². The number of fused-ring (bicyclic) bond motifs is 1. The lowest BCUT2D eigenvalue weighted by Crippen LogP contribution is -2.14. The van der Waals surface area contributed by atoms with Crippen molar-refractivity contribution in [2.24, 2.45) is 0 Å². The van der Waals surface area contributed by atoms with Crippen LogP contribution in [-0.4, -0.2) is 25.8 Å². The van der Waals surface area contributed by atoms with E-state index in [4.69, 9.17) is 4.98 Å². The number of aromatic nitrogens is 4. The van der Waals surface area contributed by atoms with Gasteiger partial charge in [-0.15, -0.1) is 0 Å². The number of anilines is 1. The molecule has 0 aliphatic carbocycles. The number of amides is 1. The van der Waals surface area contributed by atoms with Crippen LogP contribution in [0.25, 0.3) is 22.3 Å². The van der Waals surface area contributed by atoms with Crippen molar-refractivity contribution in [3.8, 4) is 11.3 Å². The number of carbonyl (C=O) groups is 1. The van der Waals surface area contributed by atoms with Gasteiger partial charge in [-0.2, -0.15) is 13.2 Å². The molecule has 0 fully saturated rings. The highest BCUT2D eigenvalue weighted by atomic mass is 19.4.